The maximum Gasteiger partial charge on any atom is 0.303 e. The van der Waals surface area contributed by atoms with Gasteiger partial charge in [-0.2, -0.15) is 0 Å². The highest BCUT2D eigenvalue weighted by molar-refractivity contribution is 5.68. The lowest BCUT2D eigenvalue weighted by molar-refractivity contribution is -0.231. The van der Waals surface area contributed by atoms with Crippen LogP contribution in [0.4, 0.5) is 0 Å². The number of terminal acetylenes is 1. The normalized spacial score (nSPS) is 26.7. The topological polar surface area (TPSA) is 97.4 Å². The van der Waals surface area contributed by atoms with Crippen LogP contribution in [-0.2, 0) is 38.1 Å². The molecule has 1 heterocycles. The third-order valence-electron chi connectivity index (χ3n) is 2.92. The average molecular weight is 328 g/mol. The standard InChI is InChI=1S/C15H20O8/c1-5-6-19-7-12-14(22-10(3)17)15(23-11(4)18)13(8-20-12)21-9(2)16/h1,12-15H,6-8H2,2-4H3/t12?,13-,14?,15?/m0/s1. The van der Waals surface area contributed by atoms with E-state index in [9.17, 15) is 14.4 Å². The van der Waals surface area contributed by atoms with Gasteiger partial charge in [-0.25, -0.2) is 0 Å². The third kappa shape index (κ3) is 6.26. The van der Waals surface area contributed by atoms with E-state index in [0.717, 1.165) is 0 Å². The lowest BCUT2D eigenvalue weighted by Gasteiger charge is -2.40. The summed E-state index contributed by atoms with van der Waals surface area (Å²) < 4.78 is 26.2. The minimum absolute atomic E-state index is 0.0284. The van der Waals surface area contributed by atoms with E-state index in [1.807, 2.05) is 0 Å². The first-order valence-electron chi connectivity index (χ1n) is 6.99. The van der Waals surface area contributed by atoms with Gasteiger partial charge in [0.1, 0.15) is 12.7 Å². The number of rotatable bonds is 6. The average Bonchev–Trinajstić information content (AvgIpc) is 2.43. The van der Waals surface area contributed by atoms with Gasteiger partial charge in [-0.05, 0) is 0 Å². The largest absolute Gasteiger partial charge is 0.456 e. The molecule has 8 nitrogen and oxygen atoms in total. The van der Waals surface area contributed by atoms with Crippen LogP contribution in [0, 0.1) is 12.3 Å². The van der Waals surface area contributed by atoms with E-state index in [0.29, 0.717) is 0 Å². The molecule has 0 aliphatic carbocycles. The van der Waals surface area contributed by atoms with Gasteiger partial charge in [-0.1, -0.05) is 5.92 Å². The number of esters is 3. The molecular formula is C15H20O8. The van der Waals surface area contributed by atoms with Gasteiger partial charge < -0.3 is 23.7 Å². The van der Waals surface area contributed by atoms with Crippen LogP contribution < -0.4 is 0 Å². The molecule has 1 rings (SSSR count). The highest BCUT2D eigenvalue weighted by atomic mass is 16.6. The van der Waals surface area contributed by atoms with E-state index in [1.54, 1.807) is 0 Å². The molecule has 0 bridgehead atoms. The molecule has 4 atom stereocenters. The zero-order chi connectivity index (χ0) is 17.4. The van der Waals surface area contributed by atoms with Gasteiger partial charge in [0.25, 0.3) is 0 Å². The Morgan fingerprint density at radius 1 is 1.04 bits per heavy atom. The molecule has 0 amide bonds. The molecule has 0 saturated carbocycles. The van der Waals surface area contributed by atoms with E-state index in [2.05, 4.69) is 5.92 Å². The molecule has 1 aliphatic rings. The zero-order valence-corrected chi connectivity index (χ0v) is 13.3. The second-order valence-corrected chi connectivity index (χ2v) is 4.89. The van der Waals surface area contributed by atoms with Crippen molar-refractivity contribution in [1.82, 2.24) is 0 Å². The highest BCUT2D eigenvalue weighted by Gasteiger charge is 2.46. The Kier molecular flexibility index (Phi) is 7.51. The molecule has 0 radical (unpaired) electrons. The molecule has 23 heavy (non-hydrogen) atoms. The lowest BCUT2D eigenvalue weighted by Crippen LogP contribution is -2.58. The van der Waals surface area contributed by atoms with E-state index in [1.165, 1.54) is 20.8 Å². The number of hydrogen-bond acceptors (Lipinski definition) is 8. The summed E-state index contributed by atoms with van der Waals surface area (Å²) in [6.45, 7) is 3.69. The molecule has 1 aliphatic heterocycles. The molecule has 0 N–H and O–H groups in total. The second kappa shape index (κ2) is 9.12. The Labute approximate surface area is 134 Å². The van der Waals surface area contributed by atoms with Crippen LogP contribution in [0.3, 0.4) is 0 Å². The van der Waals surface area contributed by atoms with Gasteiger partial charge in [-0.3, -0.25) is 14.4 Å². The number of carbonyl (C=O) groups excluding carboxylic acids is 3. The second-order valence-electron chi connectivity index (χ2n) is 4.89. The summed E-state index contributed by atoms with van der Waals surface area (Å²) in [5.41, 5.74) is 0. The summed E-state index contributed by atoms with van der Waals surface area (Å²) in [7, 11) is 0. The monoisotopic (exact) mass is 328 g/mol. The highest BCUT2D eigenvalue weighted by Crippen LogP contribution is 2.24. The van der Waals surface area contributed by atoms with Gasteiger partial charge >= 0.3 is 17.9 Å². The van der Waals surface area contributed by atoms with E-state index in [4.69, 9.17) is 30.1 Å². The number of carbonyl (C=O) groups is 3. The quantitative estimate of drug-likeness (QED) is 0.287. The maximum atomic E-state index is 11.3. The van der Waals surface area contributed by atoms with Crippen LogP contribution in [0.1, 0.15) is 20.8 Å². The Morgan fingerprint density at radius 2 is 1.61 bits per heavy atom. The Balaban J connectivity index is 2.94. The molecule has 0 aromatic rings. The van der Waals surface area contributed by atoms with Crippen LogP contribution in [-0.4, -0.2) is 62.1 Å². The van der Waals surface area contributed by atoms with Crippen LogP contribution >= 0.6 is 0 Å². The van der Waals surface area contributed by atoms with Crippen molar-refractivity contribution in [1.29, 1.82) is 0 Å². The predicted octanol–water partition coefficient (Wildman–Crippen LogP) is -0.170. The van der Waals surface area contributed by atoms with Crippen LogP contribution in [0.5, 0.6) is 0 Å². The summed E-state index contributed by atoms with van der Waals surface area (Å²) in [5, 5.41) is 0. The van der Waals surface area contributed by atoms with Gasteiger partial charge in [-0.15, -0.1) is 6.42 Å². The fourth-order valence-corrected chi connectivity index (χ4v) is 2.19. The lowest BCUT2D eigenvalue weighted by atomic mass is 9.99. The molecule has 1 saturated heterocycles. The van der Waals surface area contributed by atoms with Gasteiger partial charge in [0, 0.05) is 20.8 Å². The van der Waals surface area contributed by atoms with E-state index in [-0.39, 0.29) is 19.8 Å². The van der Waals surface area contributed by atoms with E-state index < -0.39 is 42.3 Å². The Hall–Kier alpha value is -2.11. The number of hydrogen-bond donors (Lipinski definition) is 0. The first-order chi connectivity index (χ1) is 10.8. The number of ether oxygens (including phenoxy) is 5. The fraction of sp³-hybridized carbons (Fsp3) is 0.667. The van der Waals surface area contributed by atoms with Gasteiger partial charge in [0.2, 0.25) is 0 Å². The summed E-state index contributed by atoms with van der Waals surface area (Å²) in [5.74, 6) is 0.532. The molecule has 0 aromatic heterocycles. The van der Waals surface area contributed by atoms with Crippen LogP contribution in [0.15, 0.2) is 0 Å². The summed E-state index contributed by atoms with van der Waals surface area (Å²) >= 11 is 0. The first-order valence-corrected chi connectivity index (χ1v) is 6.99. The molecule has 0 spiro atoms. The summed E-state index contributed by atoms with van der Waals surface area (Å²) in [4.78, 5) is 33.9. The van der Waals surface area contributed by atoms with Crippen molar-refractivity contribution in [2.75, 3.05) is 19.8 Å². The predicted molar refractivity (Wildman–Crippen MR) is 76.1 cm³/mol. The van der Waals surface area contributed by atoms with Gasteiger partial charge in [0.05, 0.1) is 13.2 Å². The van der Waals surface area contributed by atoms with Crippen LogP contribution in [0.25, 0.3) is 0 Å². The minimum atomic E-state index is -0.992. The minimum Gasteiger partial charge on any atom is -0.456 e. The van der Waals surface area contributed by atoms with Crippen molar-refractivity contribution < 1.29 is 38.1 Å². The summed E-state index contributed by atoms with van der Waals surface area (Å²) in [6.07, 6.45) is 1.54. The first kappa shape index (κ1) is 18.9. The smallest absolute Gasteiger partial charge is 0.303 e. The fourth-order valence-electron chi connectivity index (χ4n) is 2.19. The van der Waals surface area contributed by atoms with Crippen molar-refractivity contribution >= 4 is 17.9 Å². The molecule has 128 valence electrons. The van der Waals surface area contributed by atoms with Gasteiger partial charge in [0.15, 0.2) is 18.3 Å². The van der Waals surface area contributed by atoms with Crippen LogP contribution in [0.2, 0.25) is 0 Å². The van der Waals surface area contributed by atoms with Crippen molar-refractivity contribution in [2.24, 2.45) is 0 Å². The zero-order valence-electron chi connectivity index (χ0n) is 13.3. The Morgan fingerprint density at radius 3 is 2.13 bits per heavy atom. The van der Waals surface area contributed by atoms with Crippen molar-refractivity contribution in [3.63, 3.8) is 0 Å². The molecule has 8 heteroatoms. The van der Waals surface area contributed by atoms with E-state index >= 15 is 0 Å². The van der Waals surface area contributed by atoms with Crippen molar-refractivity contribution in [3.05, 3.63) is 0 Å². The third-order valence-corrected chi connectivity index (χ3v) is 2.92. The maximum absolute atomic E-state index is 11.3. The van der Waals surface area contributed by atoms with Crippen molar-refractivity contribution in [2.45, 2.75) is 45.2 Å². The SMILES string of the molecule is C#CCOCC1OC[C@H](OC(C)=O)C(OC(C)=O)C1OC(C)=O. The Bertz CT molecular complexity index is 480. The molecule has 1 fully saturated rings. The van der Waals surface area contributed by atoms with Crippen molar-refractivity contribution in [3.8, 4) is 12.3 Å². The molecule has 0 aromatic carbocycles. The molecule has 3 unspecified atom stereocenters. The molecular weight excluding hydrogens is 308 g/mol. The summed E-state index contributed by atoms with van der Waals surface area (Å²) in [6, 6.07) is 0.